The Balaban J connectivity index is 2.08. The van der Waals surface area contributed by atoms with E-state index in [2.05, 4.69) is 0 Å². The summed E-state index contributed by atoms with van der Waals surface area (Å²) in [5.41, 5.74) is 0. The SMILES string of the molecule is COc1ccc(Sc2ccc(OC)cc2)cc1. The Bertz CT molecular complexity index is 417. The lowest BCUT2D eigenvalue weighted by atomic mass is 10.3. The molecule has 17 heavy (non-hydrogen) atoms. The minimum absolute atomic E-state index is 0.879. The molecule has 0 aliphatic rings. The van der Waals surface area contributed by atoms with Gasteiger partial charge in [0.15, 0.2) is 0 Å². The number of hydrogen-bond donors (Lipinski definition) is 0. The van der Waals surface area contributed by atoms with Crippen LogP contribution in [0.15, 0.2) is 58.3 Å². The van der Waals surface area contributed by atoms with E-state index < -0.39 is 0 Å². The van der Waals surface area contributed by atoms with Gasteiger partial charge in [-0.2, -0.15) is 0 Å². The van der Waals surface area contributed by atoms with Crippen LogP contribution in [0.3, 0.4) is 0 Å². The van der Waals surface area contributed by atoms with Crippen LogP contribution in [0.2, 0.25) is 0 Å². The van der Waals surface area contributed by atoms with Gasteiger partial charge in [-0.05, 0) is 48.5 Å². The highest BCUT2D eigenvalue weighted by Gasteiger charge is 1.98. The quantitative estimate of drug-likeness (QED) is 0.816. The van der Waals surface area contributed by atoms with Crippen LogP contribution in [0, 0.1) is 0 Å². The van der Waals surface area contributed by atoms with Crippen LogP contribution in [0.1, 0.15) is 0 Å². The Labute approximate surface area is 106 Å². The minimum atomic E-state index is 0.879. The van der Waals surface area contributed by atoms with Crippen LogP contribution in [-0.2, 0) is 0 Å². The third-order valence-corrected chi connectivity index (χ3v) is 3.37. The number of hydrogen-bond acceptors (Lipinski definition) is 3. The molecule has 88 valence electrons. The van der Waals surface area contributed by atoms with E-state index in [1.807, 2.05) is 48.5 Å². The Hall–Kier alpha value is -1.61. The molecule has 0 spiro atoms. The lowest BCUT2D eigenvalue weighted by Gasteiger charge is -2.04. The zero-order valence-corrected chi connectivity index (χ0v) is 10.7. The van der Waals surface area contributed by atoms with Gasteiger partial charge in [0.2, 0.25) is 0 Å². The number of benzene rings is 2. The van der Waals surface area contributed by atoms with Crippen molar-refractivity contribution in [1.82, 2.24) is 0 Å². The second-order valence-electron chi connectivity index (χ2n) is 3.45. The first-order valence-corrected chi connectivity index (χ1v) is 6.09. The topological polar surface area (TPSA) is 18.5 Å². The standard InChI is InChI=1S/C14H14O2S/c1-15-11-3-7-13(8-4-11)17-14-9-5-12(16-2)6-10-14/h3-10H,1-2H3. The molecule has 0 aromatic heterocycles. The molecule has 0 aliphatic carbocycles. The highest BCUT2D eigenvalue weighted by Crippen LogP contribution is 2.29. The molecule has 0 amide bonds. The molecule has 0 saturated carbocycles. The molecular weight excluding hydrogens is 232 g/mol. The van der Waals surface area contributed by atoms with E-state index in [9.17, 15) is 0 Å². The molecule has 0 aliphatic heterocycles. The third-order valence-electron chi connectivity index (χ3n) is 2.35. The highest BCUT2D eigenvalue weighted by atomic mass is 32.2. The van der Waals surface area contributed by atoms with E-state index in [0.717, 1.165) is 11.5 Å². The van der Waals surface area contributed by atoms with Crippen molar-refractivity contribution < 1.29 is 9.47 Å². The van der Waals surface area contributed by atoms with Crippen molar-refractivity contribution >= 4 is 11.8 Å². The summed E-state index contributed by atoms with van der Waals surface area (Å²) in [6.45, 7) is 0. The maximum Gasteiger partial charge on any atom is 0.118 e. The van der Waals surface area contributed by atoms with Gasteiger partial charge in [0.05, 0.1) is 14.2 Å². The summed E-state index contributed by atoms with van der Waals surface area (Å²) in [7, 11) is 3.34. The second kappa shape index (κ2) is 5.64. The van der Waals surface area contributed by atoms with Gasteiger partial charge in [-0.25, -0.2) is 0 Å². The van der Waals surface area contributed by atoms with Crippen molar-refractivity contribution in [3.05, 3.63) is 48.5 Å². The molecule has 0 unspecified atom stereocenters. The van der Waals surface area contributed by atoms with Gasteiger partial charge in [0, 0.05) is 9.79 Å². The smallest absolute Gasteiger partial charge is 0.118 e. The molecule has 0 saturated heterocycles. The molecule has 0 fully saturated rings. The van der Waals surface area contributed by atoms with Gasteiger partial charge in [0.25, 0.3) is 0 Å². The van der Waals surface area contributed by atoms with E-state index in [1.165, 1.54) is 9.79 Å². The molecular formula is C14H14O2S. The fourth-order valence-electron chi connectivity index (χ4n) is 1.42. The maximum atomic E-state index is 5.12. The summed E-state index contributed by atoms with van der Waals surface area (Å²) in [6, 6.07) is 16.1. The first-order valence-electron chi connectivity index (χ1n) is 5.28. The Kier molecular flexibility index (Phi) is 3.94. The van der Waals surface area contributed by atoms with Gasteiger partial charge < -0.3 is 9.47 Å². The zero-order valence-electron chi connectivity index (χ0n) is 9.84. The van der Waals surface area contributed by atoms with E-state index >= 15 is 0 Å². The molecule has 0 atom stereocenters. The van der Waals surface area contributed by atoms with Crippen molar-refractivity contribution in [2.45, 2.75) is 9.79 Å². The van der Waals surface area contributed by atoms with Crippen LogP contribution in [0.4, 0.5) is 0 Å². The van der Waals surface area contributed by atoms with Crippen LogP contribution >= 0.6 is 11.8 Å². The lowest BCUT2D eigenvalue weighted by Crippen LogP contribution is -1.82. The number of ether oxygens (including phenoxy) is 2. The molecule has 2 nitrogen and oxygen atoms in total. The highest BCUT2D eigenvalue weighted by molar-refractivity contribution is 7.99. The van der Waals surface area contributed by atoms with Crippen molar-refractivity contribution in [1.29, 1.82) is 0 Å². The predicted octanol–water partition coefficient (Wildman–Crippen LogP) is 3.86. The molecule has 2 aromatic carbocycles. The van der Waals surface area contributed by atoms with Gasteiger partial charge in [-0.15, -0.1) is 0 Å². The maximum absolute atomic E-state index is 5.12. The van der Waals surface area contributed by atoms with E-state index in [1.54, 1.807) is 26.0 Å². The zero-order chi connectivity index (χ0) is 12.1. The summed E-state index contributed by atoms with van der Waals surface area (Å²) in [6.07, 6.45) is 0. The Morgan fingerprint density at radius 3 is 1.29 bits per heavy atom. The molecule has 0 heterocycles. The van der Waals surface area contributed by atoms with Gasteiger partial charge in [-0.1, -0.05) is 11.8 Å². The monoisotopic (exact) mass is 246 g/mol. The van der Waals surface area contributed by atoms with Crippen LogP contribution < -0.4 is 9.47 Å². The average molecular weight is 246 g/mol. The summed E-state index contributed by atoms with van der Waals surface area (Å²) in [5.74, 6) is 1.76. The van der Waals surface area contributed by atoms with Gasteiger partial charge in [-0.3, -0.25) is 0 Å². The minimum Gasteiger partial charge on any atom is -0.497 e. The molecule has 0 N–H and O–H groups in total. The van der Waals surface area contributed by atoms with Crippen molar-refractivity contribution in [3.8, 4) is 11.5 Å². The summed E-state index contributed by atoms with van der Waals surface area (Å²) < 4.78 is 10.2. The predicted molar refractivity (Wildman–Crippen MR) is 70.1 cm³/mol. The first-order chi connectivity index (χ1) is 8.31. The van der Waals surface area contributed by atoms with E-state index in [-0.39, 0.29) is 0 Å². The summed E-state index contributed by atoms with van der Waals surface area (Å²) >= 11 is 1.71. The van der Waals surface area contributed by atoms with E-state index in [0.29, 0.717) is 0 Å². The molecule has 3 heteroatoms. The number of methoxy groups -OCH3 is 2. The summed E-state index contributed by atoms with van der Waals surface area (Å²) in [4.78, 5) is 2.38. The van der Waals surface area contributed by atoms with Crippen molar-refractivity contribution in [2.24, 2.45) is 0 Å². The molecule has 0 radical (unpaired) electrons. The van der Waals surface area contributed by atoms with Crippen LogP contribution in [0.5, 0.6) is 11.5 Å². The largest absolute Gasteiger partial charge is 0.497 e. The normalized spacial score (nSPS) is 10.0. The molecule has 0 bridgehead atoms. The lowest BCUT2D eigenvalue weighted by molar-refractivity contribution is 0.414. The summed E-state index contributed by atoms with van der Waals surface area (Å²) in [5, 5.41) is 0. The average Bonchev–Trinajstić information content (AvgIpc) is 2.40. The van der Waals surface area contributed by atoms with Crippen LogP contribution in [-0.4, -0.2) is 14.2 Å². The Morgan fingerprint density at radius 1 is 0.647 bits per heavy atom. The molecule has 2 rings (SSSR count). The molecule has 2 aromatic rings. The third kappa shape index (κ3) is 3.17. The van der Waals surface area contributed by atoms with Gasteiger partial charge in [0.1, 0.15) is 11.5 Å². The van der Waals surface area contributed by atoms with Gasteiger partial charge >= 0.3 is 0 Å². The van der Waals surface area contributed by atoms with Crippen molar-refractivity contribution in [3.63, 3.8) is 0 Å². The van der Waals surface area contributed by atoms with E-state index in [4.69, 9.17) is 9.47 Å². The Morgan fingerprint density at radius 2 is 1.00 bits per heavy atom. The fourth-order valence-corrected chi connectivity index (χ4v) is 2.24. The second-order valence-corrected chi connectivity index (χ2v) is 4.60. The van der Waals surface area contributed by atoms with Crippen molar-refractivity contribution in [2.75, 3.05) is 14.2 Å². The van der Waals surface area contributed by atoms with Crippen LogP contribution in [0.25, 0.3) is 0 Å². The number of rotatable bonds is 4. The fraction of sp³-hybridized carbons (Fsp3) is 0.143. The first kappa shape index (κ1) is 11.9.